The van der Waals surface area contributed by atoms with E-state index < -0.39 is 0 Å². The number of hydrogen-bond donors (Lipinski definition) is 2. The van der Waals surface area contributed by atoms with Gasteiger partial charge in [0.05, 0.1) is 23.9 Å². The van der Waals surface area contributed by atoms with Gasteiger partial charge in [-0.15, -0.1) is 0 Å². The molecule has 8 nitrogen and oxygen atoms in total. The summed E-state index contributed by atoms with van der Waals surface area (Å²) in [5.41, 5.74) is 7.72. The molecule has 2 aromatic carbocycles. The first kappa shape index (κ1) is 16.8. The van der Waals surface area contributed by atoms with Crippen molar-refractivity contribution in [3.05, 3.63) is 60.0 Å². The fourth-order valence-electron chi connectivity index (χ4n) is 2.94. The Kier molecular flexibility index (Phi) is 4.29. The molecule has 0 radical (unpaired) electrons. The summed E-state index contributed by atoms with van der Waals surface area (Å²) in [5, 5.41) is 4.68. The lowest BCUT2D eigenvalue weighted by molar-refractivity contribution is -0.128. The highest BCUT2D eigenvalue weighted by Gasteiger charge is 2.14. The van der Waals surface area contributed by atoms with Gasteiger partial charge in [-0.2, -0.15) is 0 Å². The number of nitrogens with one attached hydrogen (secondary N) is 2. The Morgan fingerprint density at radius 2 is 1.70 bits per heavy atom. The topological polar surface area (TPSA) is 102 Å². The third-order valence-corrected chi connectivity index (χ3v) is 4.32. The maximum atomic E-state index is 12.1. The van der Waals surface area contributed by atoms with Crippen molar-refractivity contribution >= 4 is 33.8 Å². The van der Waals surface area contributed by atoms with Gasteiger partial charge in [-0.05, 0) is 24.3 Å². The van der Waals surface area contributed by atoms with E-state index in [1.165, 1.54) is 0 Å². The van der Waals surface area contributed by atoms with E-state index in [1.54, 1.807) is 6.07 Å². The van der Waals surface area contributed by atoms with Gasteiger partial charge < -0.3 is 9.09 Å². The van der Waals surface area contributed by atoms with Crippen LogP contribution in [0.5, 0.6) is 0 Å². The van der Waals surface area contributed by atoms with Gasteiger partial charge in [0.25, 0.3) is 0 Å². The summed E-state index contributed by atoms with van der Waals surface area (Å²) >= 11 is 0. The summed E-state index contributed by atoms with van der Waals surface area (Å²) in [6, 6.07) is 14.9. The van der Waals surface area contributed by atoms with Gasteiger partial charge >= 0.3 is 0 Å². The zero-order chi connectivity index (χ0) is 18.8. The minimum Gasteiger partial charge on any atom is -0.356 e. The number of rotatable bonds is 4. The molecule has 2 heterocycles. The molecule has 27 heavy (non-hydrogen) atoms. The van der Waals surface area contributed by atoms with Gasteiger partial charge in [0, 0.05) is 12.4 Å². The number of carbonyl (C=O) groups is 2. The van der Waals surface area contributed by atoms with Crippen LogP contribution in [0.1, 0.15) is 11.5 Å². The second-order valence-electron chi connectivity index (χ2n) is 6.15. The number of aryl methyl sites for hydroxylation is 1. The number of amides is 2. The number of fused-ring (bicyclic) bond motifs is 2. The van der Waals surface area contributed by atoms with Crippen molar-refractivity contribution < 1.29 is 14.1 Å². The van der Waals surface area contributed by atoms with E-state index >= 15 is 0 Å². The molecule has 4 aromatic rings. The third kappa shape index (κ3) is 3.37. The van der Waals surface area contributed by atoms with Gasteiger partial charge in [0.15, 0.2) is 5.58 Å². The van der Waals surface area contributed by atoms with Crippen molar-refractivity contribution in [1.29, 1.82) is 0 Å². The molecule has 0 saturated heterocycles. The van der Waals surface area contributed by atoms with Crippen LogP contribution in [0.15, 0.2) is 53.1 Å². The van der Waals surface area contributed by atoms with Crippen LogP contribution in [0.25, 0.3) is 22.0 Å². The molecule has 0 aliphatic rings. The van der Waals surface area contributed by atoms with E-state index in [1.807, 2.05) is 54.1 Å². The van der Waals surface area contributed by atoms with Crippen LogP contribution in [0.4, 0.5) is 0 Å². The minimum atomic E-state index is -0.382. The Hall–Kier alpha value is -3.68. The van der Waals surface area contributed by atoms with Crippen LogP contribution in [-0.2, 0) is 29.5 Å². The fourth-order valence-corrected chi connectivity index (χ4v) is 2.94. The summed E-state index contributed by atoms with van der Waals surface area (Å²) in [6.45, 7) is 0. The molecule has 0 bridgehead atoms. The lowest BCUT2D eigenvalue weighted by Crippen LogP contribution is -2.43. The first-order valence-electron chi connectivity index (χ1n) is 8.43. The summed E-state index contributed by atoms with van der Waals surface area (Å²) in [6.07, 6.45) is 0.0575. The predicted octanol–water partition coefficient (Wildman–Crippen LogP) is 1.65. The van der Waals surface area contributed by atoms with Crippen LogP contribution in [-0.4, -0.2) is 26.5 Å². The highest BCUT2D eigenvalue weighted by atomic mass is 16.5. The Labute approximate surface area is 154 Å². The Morgan fingerprint density at radius 1 is 1.00 bits per heavy atom. The monoisotopic (exact) mass is 363 g/mol. The van der Waals surface area contributed by atoms with Crippen molar-refractivity contribution in [3.8, 4) is 0 Å². The number of hydrazine groups is 1. The number of aromatic nitrogens is 3. The SMILES string of the molecule is Cn1c(CC(=O)NNC(=O)Cc2noc3ccccc23)nc2ccccc21. The zero-order valence-electron chi connectivity index (χ0n) is 14.6. The Bertz CT molecular complexity index is 1140. The van der Waals surface area contributed by atoms with Gasteiger partial charge in [0.1, 0.15) is 11.5 Å². The molecule has 2 N–H and O–H groups in total. The largest absolute Gasteiger partial charge is 0.356 e. The summed E-state index contributed by atoms with van der Waals surface area (Å²) in [7, 11) is 1.85. The van der Waals surface area contributed by atoms with Gasteiger partial charge in [0.2, 0.25) is 11.8 Å². The maximum Gasteiger partial charge on any atom is 0.245 e. The molecule has 2 aromatic heterocycles. The lowest BCUT2D eigenvalue weighted by atomic mass is 10.2. The molecule has 0 atom stereocenters. The van der Waals surface area contributed by atoms with Crippen LogP contribution in [0, 0.1) is 0 Å². The van der Waals surface area contributed by atoms with Gasteiger partial charge in [-0.1, -0.05) is 29.4 Å². The quantitative estimate of drug-likeness (QED) is 0.537. The molecule has 4 rings (SSSR count). The molecule has 2 amide bonds. The highest BCUT2D eigenvalue weighted by molar-refractivity contribution is 5.88. The number of nitrogens with zero attached hydrogens (tertiary/aromatic N) is 3. The molecular weight excluding hydrogens is 346 g/mol. The molecule has 0 unspecified atom stereocenters. The summed E-state index contributed by atoms with van der Waals surface area (Å²) < 4.78 is 7.03. The highest BCUT2D eigenvalue weighted by Crippen LogP contribution is 2.18. The minimum absolute atomic E-state index is 0.00356. The standard InChI is InChI=1S/C19H17N5O3/c1-24-15-8-4-3-7-13(15)20-17(24)11-19(26)22-21-18(25)10-14-12-6-2-5-9-16(12)27-23-14/h2-9H,10-11H2,1H3,(H,21,25)(H,22,26). The van der Waals surface area contributed by atoms with Crippen molar-refractivity contribution in [2.45, 2.75) is 12.8 Å². The van der Waals surface area contributed by atoms with Gasteiger partial charge in [-0.25, -0.2) is 4.98 Å². The summed E-state index contributed by atoms with van der Waals surface area (Å²) in [5.74, 6) is -0.121. The van der Waals surface area contributed by atoms with Crippen molar-refractivity contribution in [2.75, 3.05) is 0 Å². The lowest BCUT2D eigenvalue weighted by Gasteiger charge is -2.07. The van der Waals surface area contributed by atoms with E-state index in [4.69, 9.17) is 4.52 Å². The van der Waals surface area contributed by atoms with Gasteiger partial charge in [-0.3, -0.25) is 20.4 Å². The van der Waals surface area contributed by atoms with Crippen molar-refractivity contribution in [3.63, 3.8) is 0 Å². The Morgan fingerprint density at radius 3 is 2.52 bits per heavy atom. The van der Waals surface area contributed by atoms with Crippen LogP contribution >= 0.6 is 0 Å². The first-order chi connectivity index (χ1) is 13.1. The molecule has 0 fully saturated rings. The molecule has 136 valence electrons. The van der Waals surface area contributed by atoms with E-state index in [0.29, 0.717) is 17.1 Å². The maximum absolute atomic E-state index is 12.1. The Balaban J connectivity index is 1.36. The molecule has 0 saturated carbocycles. The van der Waals surface area contributed by atoms with Crippen LogP contribution in [0.3, 0.4) is 0 Å². The smallest absolute Gasteiger partial charge is 0.245 e. The zero-order valence-corrected chi connectivity index (χ0v) is 14.6. The second-order valence-corrected chi connectivity index (χ2v) is 6.15. The number of carbonyl (C=O) groups excluding carboxylic acids is 2. The average Bonchev–Trinajstić information content (AvgIpc) is 3.22. The molecule has 0 aliphatic heterocycles. The fraction of sp³-hybridized carbons (Fsp3) is 0.158. The van der Waals surface area contributed by atoms with E-state index in [2.05, 4.69) is 21.0 Å². The van der Waals surface area contributed by atoms with Crippen molar-refractivity contribution in [1.82, 2.24) is 25.6 Å². The number of hydrogen-bond acceptors (Lipinski definition) is 5. The van der Waals surface area contributed by atoms with E-state index in [0.717, 1.165) is 16.4 Å². The normalized spacial score (nSPS) is 11.0. The number of benzene rings is 2. The van der Waals surface area contributed by atoms with Crippen LogP contribution < -0.4 is 10.9 Å². The first-order valence-corrected chi connectivity index (χ1v) is 8.43. The summed E-state index contributed by atoms with van der Waals surface area (Å²) in [4.78, 5) is 28.7. The molecule has 0 aliphatic carbocycles. The number of para-hydroxylation sites is 3. The average molecular weight is 363 g/mol. The third-order valence-electron chi connectivity index (χ3n) is 4.32. The molecular formula is C19H17N5O3. The van der Waals surface area contributed by atoms with Crippen LogP contribution in [0.2, 0.25) is 0 Å². The predicted molar refractivity (Wildman–Crippen MR) is 98.4 cm³/mol. The van der Waals surface area contributed by atoms with E-state index in [-0.39, 0.29) is 24.7 Å². The second kappa shape index (κ2) is 6.91. The molecule has 8 heteroatoms. The number of imidazole rings is 1. The van der Waals surface area contributed by atoms with E-state index in [9.17, 15) is 9.59 Å². The molecule has 0 spiro atoms. The van der Waals surface area contributed by atoms with Crippen molar-refractivity contribution in [2.24, 2.45) is 7.05 Å².